The van der Waals surface area contributed by atoms with Gasteiger partial charge in [0.15, 0.2) is 5.82 Å². The Labute approximate surface area is 116 Å². The molecule has 1 aromatic heterocycles. The Kier molecular flexibility index (Phi) is 3.41. The van der Waals surface area contributed by atoms with Gasteiger partial charge in [-0.05, 0) is 28.1 Å². The van der Waals surface area contributed by atoms with Gasteiger partial charge in [0.25, 0.3) is 0 Å². The van der Waals surface area contributed by atoms with Gasteiger partial charge in [-0.2, -0.15) is 0 Å². The van der Waals surface area contributed by atoms with Crippen LogP contribution >= 0.6 is 0 Å². The Hall–Kier alpha value is -2.69. The van der Waals surface area contributed by atoms with Crippen LogP contribution in [0.2, 0.25) is 0 Å². The van der Waals surface area contributed by atoms with Gasteiger partial charge in [-0.15, -0.1) is 5.10 Å². The molecule has 0 fully saturated rings. The van der Waals surface area contributed by atoms with Gasteiger partial charge in [-0.3, -0.25) is 0 Å². The van der Waals surface area contributed by atoms with Crippen LogP contribution in [0.3, 0.4) is 0 Å². The van der Waals surface area contributed by atoms with Crippen LogP contribution in [-0.2, 0) is 6.54 Å². The summed E-state index contributed by atoms with van der Waals surface area (Å²) in [7, 11) is 1.64. The fourth-order valence-corrected chi connectivity index (χ4v) is 2.09. The number of hydrogen-bond acceptors (Lipinski definition) is 4. The third-order valence-electron chi connectivity index (χ3n) is 3.05. The molecule has 0 radical (unpaired) electrons. The van der Waals surface area contributed by atoms with E-state index in [0.29, 0.717) is 12.4 Å². The summed E-state index contributed by atoms with van der Waals surface area (Å²) in [5.74, 6) is 1.46. The predicted molar refractivity (Wildman–Crippen MR) is 75.3 cm³/mol. The number of tetrazole rings is 1. The number of benzene rings is 2. The highest BCUT2D eigenvalue weighted by molar-refractivity contribution is 5.63. The molecular formula is C15H14N4O. The summed E-state index contributed by atoms with van der Waals surface area (Å²) < 4.78 is 7.14. The third-order valence-corrected chi connectivity index (χ3v) is 3.05. The number of ether oxygens (including phenoxy) is 1. The highest BCUT2D eigenvalue weighted by Gasteiger charge is 2.13. The normalized spacial score (nSPS) is 10.4. The zero-order chi connectivity index (χ0) is 13.8. The molecule has 100 valence electrons. The van der Waals surface area contributed by atoms with Crippen LogP contribution in [0.5, 0.6) is 5.75 Å². The summed E-state index contributed by atoms with van der Waals surface area (Å²) in [5.41, 5.74) is 2.03. The fraction of sp³-hybridized carbons (Fsp3) is 0.133. The predicted octanol–water partition coefficient (Wildman–Crippen LogP) is 2.40. The molecule has 0 N–H and O–H groups in total. The summed E-state index contributed by atoms with van der Waals surface area (Å²) in [6.45, 7) is 0.626. The molecule has 0 amide bonds. The summed E-state index contributed by atoms with van der Waals surface area (Å²) in [5, 5.41) is 12.0. The van der Waals surface area contributed by atoms with Gasteiger partial charge in [0.2, 0.25) is 0 Å². The number of rotatable bonds is 4. The SMILES string of the molecule is COc1ccccc1-c1nnnn1Cc1ccccc1. The number of hydrogen-bond donors (Lipinski definition) is 0. The number of methoxy groups -OCH3 is 1. The van der Waals surface area contributed by atoms with Crippen LogP contribution < -0.4 is 4.74 Å². The minimum absolute atomic E-state index is 0.626. The van der Waals surface area contributed by atoms with Crippen LogP contribution in [0.1, 0.15) is 5.56 Å². The molecule has 0 saturated heterocycles. The second-order valence-corrected chi connectivity index (χ2v) is 4.35. The molecular weight excluding hydrogens is 252 g/mol. The average molecular weight is 266 g/mol. The van der Waals surface area contributed by atoms with Crippen LogP contribution in [0.15, 0.2) is 54.6 Å². The largest absolute Gasteiger partial charge is 0.496 e. The van der Waals surface area contributed by atoms with Crippen molar-refractivity contribution in [3.63, 3.8) is 0 Å². The second kappa shape index (κ2) is 5.52. The van der Waals surface area contributed by atoms with E-state index < -0.39 is 0 Å². The summed E-state index contributed by atoms with van der Waals surface area (Å²) in [4.78, 5) is 0. The van der Waals surface area contributed by atoms with E-state index >= 15 is 0 Å². The van der Waals surface area contributed by atoms with E-state index in [1.807, 2.05) is 54.6 Å². The van der Waals surface area contributed by atoms with Crippen molar-refractivity contribution >= 4 is 0 Å². The molecule has 1 heterocycles. The molecule has 0 unspecified atom stereocenters. The van der Waals surface area contributed by atoms with E-state index in [0.717, 1.165) is 16.9 Å². The summed E-state index contributed by atoms with van der Waals surface area (Å²) in [6.07, 6.45) is 0. The van der Waals surface area contributed by atoms with Crippen LogP contribution in [-0.4, -0.2) is 27.3 Å². The number of nitrogens with zero attached hydrogens (tertiary/aromatic N) is 4. The van der Waals surface area contributed by atoms with E-state index in [2.05, 4.69) is 15.5 Å². The first-order valence-corrected chi connectivity index (χ1v) is 6.32. The topological polar surface area (TPSA) is 52.8 Å². The molecule has 0 atom stereocenters. The summed E-state index contributed by atoms with van der Waals surface area (Å²) in [6, 6.07) is 17.8. The molecule has 0 saturated carbocycles. The van der Waals surface area contributed by atoms with E-state index in [-0.39, 0.29) is 0 Å². The van der Waals surface area contributed by atoms with E-state index in [9.17, 15) is 0 Å². The third kappa shape index (κ3) is 2.38. The smallest absolute Gasteiger partial charge is 0.186 e. The van der Waals surface area contributed by atoms with Gasteiger partial charge >= 0.3 is 0 Å². The zero-order valence-electron chi connectivity index (χ0n) is 11.1. The quantitative estimate of drug-likeness (QED) is 0.727. The maximum absolute atomic E-state index is 5.37. The molecule has 0 aliphatic heterocycles. The highest BCUT2D eigenvalue weighted by Crippen LogP contribution is 2.27. The van der Waals surface area contributed by atoms with Crippen molar-refractivity contribution in [2.45, 2.75) is 6.54 Å². The maximum Gasteiger partial charge on any atom is 0.186 e. The Morgan fingerprint density at radius 3 is 2.55 bits per heavy atom. The molecule has 0 aliphatic rings. The Morgan fingerprint density at radius 1 is 1.00 bits per heavy atom. The lowest BCUT2D eigenvalue weighted by Gasteiger charge is -2.08. The van der Waals surface area contributed by atoms with Crippen molar-refractivity contribution in [3.8, 4) is 17.1 Å². The zero-order valence-corrected chi connectivity index (χ0v) is 11.1. The van der Waals surface area contributed by atoms with Crippen molar-refractivity contribution in [3.05, 3.63) is 60.2 Å². The highest BCUT2D eigenvalue weighted by atomic mass is 16.5. The van der Waals surface area contributed by atoms with Gasteiger partial charge in [0.1, 0.15) is 5.75 Å². The van der Waals surface area contributed by atoms with E-state index in [1.165, 1.54) is 0 Å². The van der Waals surface area contributed by atoms with Gasteiger partial charge in [0.05, 0.1) is 19.2 Å². The first-order valence-electron chi connectivity index (χ1n) is 6.32. The van der Waals surface area contributed by atoms with Crippen LogP contribution in [0.25, 0.3) is 11.4 Å². The number of aromatic nitrogens is 4. The number of para-hydroxylation sites is 1. The molecule has 0 spiro atoms. The van der Waals surface area contributed by atoms with Crippen molar-refractivity contribution in [2.75, 3.05) is 7.11 Å². The van der Waals surface area contributed by atoms with Crippen LogP contribution in [0, 0.1) is 0 Å². The molecule has 0 aliphatic carbocycles. The second-order valence-electron chi connectivity index (χ2n) is 4.35. The lowest BCUT2D eigenvalue weighted by molar-refractivity contribution is 0.416. The first kappa shape index (κ1) is 12.3. The molecule has 0 bridgehead atoms. The Bertz CT molecular complexity index is 694. The molecule has 3 aromatic rings. The van der Waals surface area contributed by atoms with E-state index in [4.69, 9.17) is 4.74 Å². The van der Waals surface area contributed by atoms with Crippen molar-refractivity contribution in [2.24, 2.45) is 0 Å². The molecule has 3 rings (SSSR count). The summed E-state index contributed by atoms with van der Waals surface area (Å²) >= 11 is 0. The van der Waals surface area contributed by atoms with Gasteiger partial charge in [-0.1, -0.05) is 42.5 Å². The molecule has 2 aromatic carbocycles. The minimum Gasteiger partial charge on any atom is -0.496 e. The lowest BCUT2D eigenvalue weighted by Crippen LogP contribution is -2.05. The first-order chi connectivity index (χ1) is 9.88. The maximum atomic E-state index is 5.37. The molecule has 5 nitrogen and oxygen atoms in total. The van der Waals surface area contributed by atoms with Crippen LogP contribution in [0.4, 0.5) is 0 Å². The average Bonchev–Trinajstić information content (AvgIpc) is 2.96. The standard InChI is InChI=1S/C15H14N4O/c1-20-14-10-6-5-9-13(14)15-16-17-18-19(15)11-12-7-3-2-4-8-12/h2-10H,11H2,1H3. The van der Waals surface area contributed by atoms with Crippen molar-refractivity contribution in [1.29, 1.82) is 0 Å². The Morgan fingerprint density at radius 2 is 1.75 bits per heavy atom. The van der Waals surface area contributed by atoms with Crippen molar-refractivity contribution < 1.29 is 4.74 Å². The minimum atomic E-state index is 0.626. The monoisotopic (exact) mass is 266 g/mol. The fourth-order valence-electron chi connectivity index (χ4n) is 2.09. The Balaban J connectivity index is 1.98. The van der Waals surface area contributed by atoms with Gasteiger partial charge in [0, 0.05) is 0 Å². The van der Waals surface area contributed by atoms with E-state index in [1.54, 1.807) is 11.8 Å². The van der Waals surface area contributed by atoms with Gasteiger partial charge < -0.3 is 4.74 Å². The van der Waals surface area contributed by atoms with Crippen molar-refractivity contribution in [1.82, 2.24) is 20.2 Å². The molecule has 5 heteroatoms. The lowest BCUT2D eigenvalue weighted by atomic mass is 10.2. The van der Waals surface area contributed by atoms with Gasteiger partial charge in [-0.25, -0.2) is 4.68 Å². The molecule has 20 heavy (non-hydrogen) atoms.